The molecule has 7 nitrogen and oxygen atoms in total. The summed E-state index contributed by atoms with van der Waals surface area (Å²) in [5, 5.41) is 7.61. The van der Waals surface area contributed by atoms with E-state index in [-0.39, 0.29) is 23.8 Å². The van der Waals surface area contributed by atoms with Gasteiger partial charge in [-0.15, -0.1) is 0 Å². The molecule has 2 saturated carbocycles. The number of nitrogens with zero attached hydrogens (tertiary/aromatic N) is 3. The van der Waals surface area contributed by atoms with Gasteiger partial charge in [0.2, 0.25) is 0 Å². The van der Waals surface area contributed by atoms with Gasteiger partial charge >= 0.3 is 0 Å². The van der Waals surface area contributed by atoms with Crippen molar-refractivity contribution in [1.82, 2.24) is 20.1 Å². The number of rotatable bonds is 6. The summed E-state index contributed by atoms with van der Waals surface area (Å²) in [4.78, 5) is 19.5. The van der Waals surface area contributed by atoms with Crippen LogP contribution in [0.5, 0.6) is 11.5 Å². The molecule has 1 aromatic carbocycles. The topological polar surface area (TPSA) is 80.3 Å². The van der Waals surface area contributed by atoms with Gasteiger partial charge in [-0.05, 0) is 55.4 Å². The van der Waals surface area contributed by atoms with Crippen molar-refractivity contribution in [3.63, 3.8) is 0 Å². The summed E-state index contributed by atoms with van der Waals surface area (Å²) in [6, 6.07) is 7.30. The Hall–Kier alpha value is -2.57. The van der Waals surface area contributed by atoms with Gasteiger partial charge in [0.05, 0.1) is 7.11 Å². The second-order valence-electron chi connectivity index (χ2n) is 8.36. The summed E-state index contributed by atoms with van der Waals surface area (Å²) in [6.07, 6.45) is 5.92. The second-order valence-corrected chi connectivity index (χ2v) is 8.36. The maximum absolute atomic E-state index is 12.8. The number of carbonyl (C=O) groups excluding carboxylic acids is 1. The summed E-state index contributed by atoms with van der Waals surface area (Å²) >= 11 is 0. The second kappa shape index (κ2) is 6.79. The van der Waals surface area contributed by atoms with E-state index in [1.54, 1.807) is 7.11 Å². The van der Waals surface area contributed by atoms with Crippen LogP contribution in [0, 0.1) is 5.41 Å². The Bertz CT molecular complexity index is 855. The minimum Gasteiger partial charge on any atom is -0.497 e. The molecule has 1 aliphatic heterocycles. The molecule has 1 atom stereocenters. The number of aromatic nitrogens is 3. The molecule has 3 fully saturated rings. The number of carbonyl (C=O) groups is 1. The highest BCUT2D eigenvalue weighted by Gasteiger charge is 2.53. The molecule has 5 rings (SSSR count). The SMILES string of the molecule is COc1ccc(OCC(=O)N2CC(c3nc(C4CC4)n[nH]3)C3(CCC3)C2)cc1. The third-order valence-corrected chi connectivity index (χ3v) is 6.56. The first-order chi connectivity index (χ1) is 13.7. The largest absolute Gasteiger partial charge is 0.497 e. The molecule has 3 aliphatic rings. The number of nitrogens with one attached hydrogen (secondary N) is 1. The van der Waals surface area contributed by atoms with Gasteiger partial charge in [-0.2, -0.15) is 5.10 Å². The number of likely N-dealkylation sites (tertiary alicyclic amines) is 1. The van der Waals surface area contributed by atoms with Crippen LogP contribution in [0.3, 0.4) is 0 Å². The first kappa shape index (κ1) is 17.5. The predicted octanol–water partition coefficient (Wildman–Crippen LogP) is 2.87. The number of ether oxygens (including phenoxy) is 2. The lowest BCUT2D eigenvalue weighted by molar-refractivity contribution is -0.133. The molecule has 2 aliphatic carbocycles. The monoisotopic (exact) mass is 382 g/mol. The normalized spacial score (nSPS) is 22.9. The van der Waals surface area contributed by atoms with Crippen molar-refractivity contribution in [3.8, 4) is 11.5 Å². The lowest BCUT2D eigenvalue weighted by Gasteiger charge is -2.41. The first-order valence-electron chi connectivity index (χ1n) is 10.1. The van der Waals surface area contributed by atoms with E-state index in [4.69, 9.17) is 14.5 Å². The van der Waals surface area contributed by atoms with Gasteiger partial charge in [0.15, 0.2) is 12.4 Å². The molecule has 1 unspecified atom stereocenters. The van der Waals surface area contributed by atoms with E-state index in [2.05, 4.69) is 10.2 Å². The van der Waals surface area contributed by atoms with Gasteiger partial charge in [0, 0.05) is 24.9 Å². The van der Waals surface area contributed by atoms with E-state index in [1.165, 1.54) is 19.3 Å². The Morgan fingerprint density at radius 1 is 1.25 bits per heavy atom. The molecular formula is C21H26N4O3. The summed E-state index contributed by atoms with van der Waals surface area (Å²) < 4.78 is 10.8. The van der Waals surface area contributed by atoms with Crippen LogP contribution in [0.2, 0.25) is 0 Å². The van der Waals surface area contributed by atoms with Crippen LogP contribution in [-0.4, -0.2) is 52.8 Å². The number of benzene rings is 1. The van der Waals surface area contributed by atoms with Gasteiger partial charge in [-0.1, -0.05) is 6.42 Å². The standard InChI is InChI=1S/C21H26N4O3/c1-27-15-5-7-16(8-6-15)28-12-18(26)25-11-17(21(13-25)9-2-10-21)20-22-19(23-24-20)14-3-4-14/h5-8,14,17H,2-4,9-13H2,1H3,(H,22,23,24). The summed E-state index contributed by atoms with van der Waals surface area (Å²) in [5.41, 5.74) is 0.163. The van der Waals surface area contributed by atoms with Gasteiger partial charge < -0.3 is 14.4 Å². The molecule has 0 bridgehead atoms. The molecule has 2 aromatic rings. The Morgan fingerprint density at radius 2 is 2.00 bits per heavy atom. The van der Waals surface area contributed by atoms with E-state index in [1.807, 2.05) is 29.2 Å². The maximum Gasteiger partial charge on any atom is 0.260 e. The third-order valence-electron chi connectivity index (χ3n) is 6.56. The minimum atomic E-state index is 0.0338. The van der Waals surface area contributed by atoms with Crippen molar-refractivity contribution in [2.75, 3.05) is 26.8 Å². The Morgan fingerprint density at radius 3 is 2.64 bits per heavy atom. The lowest BCUT2D eigenvalue weighted by atomic mass is 9.62. The van der Waals surface area contributed by atoms with Crippen molar-refractivity contribution < 1.29 is 14.3 Å². The first-order valence-corrected chi connectivity index (χ1v) is 10.1. The van der Waals surface area contributed by atoms with Gasteiger partial charge in [0.1, 0.15) is 17.3 Å². The van der Waals surface area contributed by atoms with E-state index in [9.17, 15) is 4.79 Å². The molecule has 1 aromatic heterocycles. The van der Waals surface area contributed by atoms with Crippen LogP contribution >= 0.6 is 0 Å². The lowest BCUT2D eigenvalue weighted by Crippen LogP contribution is -2.39. The zero-order valence-electron chi connectivity index (χ0n) is 16.2. The van der Waals surface area contributed by atoms with Gasteiger partial charge in [-0.3, -0.25) is 9.89 Å². The number of hydrogen-bond donors (Lipinski definition) is 1. The quantitative estimate of drug-likeness (QED) is 0.831. The van der Waals surface area contributed by atoms with Crippen molar-refractivity contribution in [2.45, 2.75) is 43.9 Å². The van der Waals surface area contributed by atoms with Crippen molar-refractivity contribution in [3.05, 3.63) is 35.9 Å². The predicted molar refractivity (Wildman–Crippen MR) is 102 cm³/mol. The highest BCUT2D eigenvalue weighted by molar-refractivity contribution is 5.78. The van der Waals surface area contributed by atoms with Crippen molar-refractivity contribution in [2.24, 2.45) is 5.41 Å². The van der Waals surface area contributed by atoms with Crippen LogP contribution in [0.25, 0.3) is 0 Å². The van der Waals surface area contributed by atoms with Gasteiger partial charge in [0.25, 0.3) is 5.91 Å². The van der Waals surface area contributed by atoms with Crippen LogP contribution in [0.4, 0.5) is 0 Å². The zero-order chi connectivity index (χ0) is 19.1. The average molecular weight is 382 g/mol. The fourth-order valence-electron chi connectivity index (χ4n) is 4.55. The van der Waals surface area contributed by atoms with Crippen LogP contribution in [-0.2, 0) is 4.79 Å². The van der Waals surface area contributed by atoms with E-state index in [0.29, 0.717) is 18.2 Å². The number of amides is 1. The molecule has 1 amide bonds. The summed E-state index contributed by atoms with van der Waals surface area (Å²) in [7, 11) is 1.63. The maximum atomic E-state index is 12.8. The smallest absolute Gasteiger partial charge is 0.260 e. The van der Waals surface area contributed by atoms with Crippen molar-refractivity contribution in [1.29, 1.82) is 0 Å². The fourth-order valence-corrected chi connectivity index (χ4v) is 4.55. The number of hydrogen-bond acceptors (Lipinski definition) is 5. The molecule has 7 heteroatoms. The summed E-state index contributed by atoms with van der Waals surface area (Å²) in [6.45, 7) is 1.55. The van der Waals surface area contributed by atoms with E-state index < -0.39 is 0 Å². The highest BCUT2D eigenvalue weighted by atomic mass is 16.5. The number of methoxy groups -OCH3 is 1. The Labute approximate surface area is 164 Å². The third kappa shape index (κ3) is 3.12. The van der Waals surface area contributed by atoms with E-state index >= 15 is 0 Å². The minimum absolute atomic E-state index is 0.0338. The molecule has 28 heavy (non-hydrogen) atoms. The molecule has 1 saturated heterocycles. The molecule has 1 spiro atoms. The van der Waals surface area contributed by atoms with E-state index in [0.717, 1.165) is 36.8 Å². The molecule has 0 radical (unpaired) electrons. The number of aromatic amines is 1. The number of H-pyrrole nitrogens is 1. The fraction of sp³-hybridized carbons (Fsp3) is 0.571. The average Bonchev–Trinajstić information content (AvgIpc) is 3.28. The Balaban J connectivity index is 1.24. The molecule has 2 heterocycles. The van der Waals surface area contributed by atoms with Gasteiger partial charge in [-0.25, -0.2) is 4.98 Å². The van der Waals surface area contributed by atoms with Crippen molar-refractivity contribution >= 4 is 5.91 Å². The molecule has 148 valence electrons. The van der Waals surface area contributed by atoms with Crippen LogP contribution < -0.4 is 9.47 Å². The highest BCUT2D eigenvalue weighted by Crippen LogP contribution is 2.55. The summed E-state index contributed by atoms with van der Waals surface area (Å²) in [5.74, 6) is 4.19. The van der Waals surface area contributed by atoms with Crippen LogP contribution in [0.15, 0.2) is 24.3 Å². The zero-order valence-corrected chi connectivity index (χ0v) is 16.2. The molecular weight excluding hydrogens is 356 g/mol. The van der Waals surface area contributed by atoms with Crippen LogP contribution in [0.1, 0.15) is 55.6 Å². The molecule has 1 N–H and O–H groups in total. The Kier molecular flexibility index (Phi) is 4.25.